The molecule has 0 fully saturated rings. The molecule has 1 N–H and O–H groups in total. The third kappa shape index (κ3) is 1.55. The van der Waals surface area contributed by atoms with Crippen molar-refractivity contribution in [3.8, 4) is 12.3 Å². The maximum absolute atomic E-state index is 11.8. The van der Waals surface area contributed by atoms with Gasteiger partial charge in [-0.3, -0.25) is 9.69 Å². The number of hydrogen-bond acceptors (Lipinski definition) is 2. The largest absolute Gasteiger partial charge is 0.372 e. The van der Waals surface area contributed by atoms with Crippen molar-refractivity contribution < 1.29 is 4.79 Å². The Labute approximate surface area is 89.1 Å². The molecule has 0 saturated carbocycles. The predicted octanol–water partition coefficient (Wildman–Crippen LogP) is 1.47. The molecule has 0 aromatic heterocycles. The van der Waals surface area contributed by atoms with E-state index in [0.717, 1.165) is 11.4 Å². The molecule has 76 valence electrons. The summed E-state index contributed by atoms with van der Waals surface area (Å²) in [6.45, 7) is 2.16. The van der Waals surface area contributed by atoms with Crippen LogP contribution in [0.5, 0.6) is 0 Å². The fraction of sp³-hybridized carbons (Fsp3) is 0.250. The van der Waals surface area contributed by atoms with Crippen molar-refractivity contribution in [2.24, 2.45) is 0 Å². The molecular weight excluding hydrogens is 188 g/mol. The van der Waals surface area contributed by atoms with Gasteiger partial charge in [0, 0.05) is 0 Å². The number of nitrogens with zero attached hydrogens (tertiary/aromatic N) is 1. The summed E-state index contributed by atoms with van der Waals surface area (Å²) < 4.78 is 0. The molecule has 15 heavy (non-hydrogen) atoms. The summed E-state index contributed by atoms with van der Waals surface area (Å²) in [4.78, 5) is 13.5. The van der Waals surface area contributed by atoms with E-state index in [1.165, 1.54) is 0 Å². The molecule has 1 amide bonds. The molecule has 2 rings (SSSR count). The Kier molecular flexibility index (Phi) is 2.34. The number of benzene rings is 1. The molecule has 1 aromatic rings. The van der Waals surface area contributed by atoms with Crippen molar-refractivity contribution in [2.45, 2.75) is 13.0 Å². The lowest BCUT2D eigenvalue weighted by atomic mass is 10.1. The van der Waals surface area contributed by atoms with Crippen molar-refractivity contribution in [2.75, 3.05) is 16.8 Å². The number of para-hydroxylation sites is 2. The third-order valence-corrected chi connectivity index (χ3v) is 2.45. The first-order valence-corrected chi connectivity index (χ1v) is 4.84. The zero-order valence-corrected chi connectivity index (χ0v) is 8.53. The molecule has 0 radical (unpaired) electrons. The summed E-state index contributed by atoms with van der Waals surface area (Å²) in [6.07, 6.45) is 5.26. The summed E-state index contributed by atoms with van der Waals surface area (Å²) in [5.41, 5.74) is 1.82. The van der Waals surface area contributed by atoms with E-state index < -0.39 is 0 Å². The number of hydrogen-bond donors (Lipinski definition) is 1. The molecule has 1 heterocycles. The van der Waals surface area contributed by atoms with Crippen molar-refractivity contribution >= 4 is 17.3 Å². The van der Waals surface area contributed by atoms with E-state index in [1.54, 1.807) is 4.90 Å². The van der Waals surface area contributed by atoms with Crippen LogP contribution in [-0.4, -0.2) is 18.5 Å². The van der Waals surface area contributed by atoms with E-state index in [4.69, 9.17) is 6.42 Å². The van der Waals surface area contributed by atoms with Gasteiger partial charge in [0.1, 0.15) is 6.04 Å². The topological polar surface area (TPSA) is 32.3 Å². The van der Waals surface area contributed by atoms with Crippen LogP contribution in [0.2, 0.25) is 0 Å². The van der Waals surface area contributed by atoms with Crippen molar-refractivity contribution in [1.29, 1.82) is 0 Å². The van der Waals surface area contributed by atoms with E-state index in [0.29, 0.717) is 6.54 Å². The van der Waals surface area contributed by atoms with Gasteiger partial charge in [0.15, 0.2) is 0 Å². The average molecular weight is 200 g/mol. The van der Waals surface area contributed by atoms with Crippen molar-refractivity contribution in [3.05, 3.63) is 24.3 Å². The Bertz CT molecular complexity index is 433. The molecule has 3 heteroatoms. The molecule has 0 saturated heterocycles. The Hall–Kier alpha value is -1.95. The lowest BCUT2D eigenvalue weighted by molar-refractivity contribution is -0.119. The summed E-state index contributed by atoms with van der Waals surface area (Å²) in [5.74, 6) is 2.53. The maximum Gasteiger partial charge on any atom is 0.250 e. The predicted molar refractivity (Wildman–Crippen MR) is 60.7 cm³/mol. The van der Waals surface area contributed by atoms with Gasteiger partial charge in [0.05, 0.1) is 17.9 Å². The molecule has 1 aliphatic heterocycles. The molecule has 1 atom stereocenters. The summed E-state index contributed by atoms with van der Waals surface area (Å²) >= 11 is 0. The monoisotopic (exact) mass is 200 g/mol. The van der Waals surface area contributed by atoms with Crippen LogP contribution in [0.4, 0.5) is 11.4 Å². The number of nitrogens with one attached hydrogen (secondary N) is 1. The minimum absolute atomic E-state index is 0.0200. The first kappa shape index (κ1) is 9.60. The first-order chi connectivity index (χ1) is 7.24. The fourth-order valence-corrected chi connectivity index (χ4v) is 1.73. The van der Waals surface area contributed by atoms with Crippen LogP contribution >= 0.6 is 0 Å². The number of anilines is 2. The van der Waals surface area contributed by atoms with Crippen LogP contribution in [0.15, 0.2) is 24.3 Å². The minimum atomic E-state index is -0.215. The van der Waals surface area contributed by atoms with E-state index in [2.05, 4.69) is 11.2 Å². The van der Waals surface area contributed by atoms with Crippen molar-refractivity contribution in [3.63, 3.8) is 0 Å². The SMILES string of the molecule is C#CCN1C(=O)C(C)Nc2ccccc21. The second-order valence-electron chi connectivity index (χ2n) is 3.51. The van der Waals surface area contributed by atoms with Crippen LogP contribution in [-0.2, 0) is 4.79 Å². The van der Waals surface area contributed by atoms with Gasteiger partial charge in [-0.05, 0) is 19.1 Å². The number of rotatable bonds is 1. The Morgan fingerprint density at radius 2 is 2.27 bits per heavy atom. The highest BCUT2D eigenvalue weighted by atomic mass is 16.2. The van der Waals surface area contributed by atoms with E-state index in [-0.39, 0.29) is 11.9 Å². The minimum Gasteiger partial charge on any atom is -0.372 e. The maximum atomic E-state index is 11.8. The van der Waals surface area contributed by atoms with Crippen LogP contribution < -0.4 is 10.2 Å². The molecule has 0 bridgehead atoms. The number of carbonyl (C=O) groups excluding carboxylic acids is 1. The summed E-state index contributed by atoms with van der Waals surface area (Å²) in [5, 5.41) is 3.14. The number of fused-ring (bicyclic) bond motifs is 1. The van der Waals surface area contributed by atoms with Gasteiger partial charge >= 0.3 is 0 Å². The highest BCUT2D eigenvalue weighted by Crippen LogP contribution is 2.30. The van der Waals surface area contributed by atoms with E-state index in [9.17, 15) is 4.79 Å². The van der Waals surface area contributed by atoms with Gasteiger partial charge in [-0.15, -0.1) is 6.42 Å². The third-order valence-electron chi connectivity index (χ3n) is 2.45. The zero-order chi connectivity index (χ0) is 10.8. The number of carbonyl (C=O) groups is 1. The van der Waals surface area contributed by atoms with Crippen LogP contribution in [0, 0.1) is 12.3 Å². The Morgan fingerprint density at radius 1 is 1.53 bits per heavy atom. The molecule has 0 spiro atoms. The molecule has 1 aromatic carbocycles. The second-order valence-corrected chi connectivity index (χ2v) is 3.51. The van der Waals surface area contributed by atoms with Crippen LogP contribution in [0.1, 0.15) is 6.92 Å². The molecule has 0 aliphatic carbocycles. The van der Waals surface area contributed by atoms with Gasteiger partial charge in [0.25, 0.3) is 0 Å². The first-order valence-electron chi connectivity index (χ1n) is 4.84. The van der Waals surface area contributed by atoms with Crippen molar-refractivity contribution in [1.82, 2.24) is 0 Å². The number of terminal acetylenes is 1. The highest BCUT2D eigenvalue weighted by molar-refractivity contribution is 6.04. The molecular formula is C12H12N2O. The fourth-order valence-electron chi connectivity index (χ4n) is 1.73. The van der Waals surface area contributed by atoms with Gasteiger partial charge in [-0.1, -0.05) is 18.1 Å². The Balaban J connectivity index is 2.45. The van der Waals surface area contributed by atoms with E-state index in [1.807, 2.05) is 31.2 Å². The quantitative estimate of drug-likeness (QED) is 0.696. The second kappa shape index (κ2) is 3.66. The average Bonchev–Trinajstić information content (AvgIpc) is 2.25. The molecule has 3 nitrogen and oxygen atoms in total. The van der Waals surface area contributed by atoms with Crippen LogP contribution in [0.3, 0.4) is 0 Å². The van der Waals surface area contributed by atoms with Gasteiger partial charge in [0.2, 0.25) is 5.91 Å². The van der Waals surface area contributed by atoms with E-state index >= 15 is 0 Å². The van der Waals surface area contributed by atoms with Crippen LogP contribution in [0.25, 0.3) is 0 Å². The normalized spacial score (nSPS) is 19.1. The van der Waals surface area contributed by atoms with Gasteiger partial charge in [-0.25, -0.2) is 0 Å². The number of amides is 1. The lowest BCUT2D eigenvalue weighted by Gasteiger charge is -2.32. The highest BCUT2D eigenvalue weighted by Gasteiger charge is 2.28. The smallest absolute Gasteiger partial charge is 0.250 e. The summed E-state index contributed by atoms with van der Waals surface area (Å²) in [6, 6.07) is 7.45. The standard InChI is InChI=1S/C12H12N2O/c1-3-8-14-11-7-5-4-6-10(11)13-9(2)12(14)15/h1,4-7,9,13H,8H2,2H3. The summed E-state index contributed by atoms with van der Waals surface area (Å²) in [7, 11) is 0. The van der Waals surface area contributed by atoms with Gasteiger partial charge in [-0.2, -0.15) is 0 Å². The van der Waals surface area contributed by atoms with Gasteiger partial charge < -0.3 is 5.32 Å². The Morgan fingerprint density at radius 3 is 3.00 bits per heavy atom. The molecule has 1 aliphatic rings. The lowest BCUT2D eigenvalue weighted by Crippen LogP contribution is -2.45. The zero-order valence-electron chi connectivity index (χ0n) is 8.53. The molecule has 1 unspecified atom stereocenters.